The molecule has 2 aliphatic rings. The quantitative estimate of drug-likeness (QED) is 0.348. The maximum atomic E-state index is 13.8. The summed E-state index contributed by atoms with van der Waals surface area (Å²) in [6.45, 7) is 0.238. The van der Waals surface area contributed by atoms with Crippen LogP contribution in [0.5, 0.6) is 0 Å². The van der Waals surface area contributed by atoms with Crippen LogP contribution in [0.25, 0.3) is 11.3 Å². The SMILES string of the molecule is CO[C@@H]1[C@@H](n2cc(-c3cc(F)c(F)c(F)c3)nn2)[C@@H](O)[C@@H](CO)O[C@@H]1Cc1cn(C2CCN(S(C)(=O)=O)CC2)nn1. The second kappa shape index (κ2) is 11.7. The van der Waals surface area contributed by atoms with Gasteiger partial charge in [0.15, 0.2) is 17.5 Å². The van der Waals surface area contributed by atoms with Gasteiger partial charge in [0.2, 0.25) is 10.0 Å². The highest BCUT2D eigenvalue weighted by atomic mass is 32.2. The summed E-state index contributed by atoms with van der Waals surface area (Å²) in [5.41, 5.74) is 0.515. The number of hydrogen-bond acceptors (Lipinski definition) is 10. The average Bonchev–Trinajstić information content (AvgIpc) is 3.62. The van der Waals surface area contributed by atoms with E-state index in [0.29, 0.717) is 31.6 Å². The van der Waals surface area contributed by atoms with Gasteiger partial charge in [0.05, 0.1) is 36.9 Å². The van der Waals surface area contributed by atoms with Crippen molar-refractivity contribution in [2.75, 3.05) is 33.1 Å². The highest BCUT2D eigenvalue weighted by Gasteiger charge is 2.47. The number of piperidine rings is 1. The lowest BCUT2D eigenvalue weighted by molar-refractivity contribution is -0.212. The maximum absolute atomic E-state index is 13.8. The lowest BCUT2D eigenvalue weighted by atomic mass is 9.90. The number of halogens is 3. The van der Waals surface area contributed by atoms with Crippen LogP contribution in [0, 0.1) is 17.5 Å². The van der Waals surface area contributed by atoms with Gasteiger partial charge in [-0.3, -0.25) is 0 Å². The Morgan fingerprint density at radius 2 is 1.71 bits per heavy atom. The molecule has 4 heterocycles. The molecule has 13 nitrogen and oxygen atoms in total. The van der Waals surface area contributed by atoms with Crippen LogP contribution in [-0.2, 0) is 25.9 Å². The van der Waals surface area contributed by atoms with Gasteiger partial charge in [-0.05, 0) is 25.0 Å². The third-order valence-corrected chi connectivity index (χ3v) is 8.87. The normalized spacial score (nSPS) is 26.5. The van der Waals surface area contributed by atoms with Crippen molar-refractivity contribution in [2.45, 2.75) is 55.8 Å². The van der Waals surface area contributed by atoms with Gasteiger partial charge < -0.3 is 19.7 Å². The first-order valence-corrected chi connectivity index (χ1v) is 14.7. The first kappa shape index (κ1) is 29.5. The molecule has 2 fully saturated rings. The van der Waals surface area contributed by atoms with E-state index in [2.05, 4.69) is 20.6 Å². The monoisotopic (exact) mass is 601 g/mol. The molecular formula is C24H30F3N7O6S. The van der Waals surface area contributed by atoms with Gasteiger partial charge in [-0.1, -0.05) is 10.4 Å². The first-order chi connectivity index (χ1) is 19.5. The van der Waals surface area contributed by atoms with Crippen molar-refractivity contribution < 1.29 is 41.3 Å². The van der Waals surface area contributed by atoms with Crippen molar-refractivity contribution >= 4 is 10.0 Å². The van der Waals surface area contributed by atoms with Crippen LogP contribution in [0.4, 0.5) is 13.2 Å². The third-order valence-electron chi connectivity index (χ3n) is 7.57. The smallest absolute Gasteiger partial charge is 0.211 e. The lowest BCUT2D eigenvalue weighted by Gasteiger charge is -2.43. The number of benzene rings is 1. The van der Waals surface area contributed by atoms with E-state index in [1.807, 2.05) is 0 Å². The molecule has 0 spiro atoms. The lowest BCUT2D eigenvalue weighted by Crippen LogP contribution is -2.57. The fraction of sp³-hybridized carbons (Fsp3) is 0.583. The van der Waals surface area contributed by atoms with Gasteiger partial charge in [-0.15, -0.1) is 10.2 Å². The van der Waals surface area contributed by atoms with Crippen LogP contribution < -0.4 is 0 Å². The minimum absolute atomic E-state index is 0.0262. The van der Waals surface area contributed by atoms with Crippen molar-refractivity contribution in [2.24, 2.45) is 0 Å². The number of aromatic nitrogens is 6. The van der Waals surface area contributed by atoms with Crippen molar-refractivity contribution in [1.82, 2.24) is 34.3 Å². The Morgan fingerprint density at radius 3 is 2.32 bits per heavy atom. The number of aliphatic hydroxyl groups excluding tert-OH is 2. The highest BCUT2D eigenvalue weighted by molar-refractivity contribution is 7.88. The Labute approximate surface area is 233 Å². The molecule has 1 aromatic carbocycles. The Kier molecular flexibility index (Phi) is 8.45. The molecule has 2 aliphatic heterocycles. The topological polar surface area (TPSA) is 158 Å². The first-order valence-electron chi connectivity index (χ1n) is 12.9. The van der Waals surface area contributed by atoms with E-state index >= 15 is 0 Å². The molecule has 0 bridgehead atoms. The maximum Gasteiger partial charge on any atom is 0.211 e. The summed E-state index contributed by atoms with van der Waals surface area (Å²) in [4.78, 5) is 0. The van der Waals surface area contributed by atoms with Gasteiger partial charge in [0.1, 0.15) is 30.0 Å². The van der Waals surface area contributed by atoms with Crippen molar-refractivity contribution in [1.29, 1.82) is 0 Å². The zero-order chi connectivity index (χ0) is 29.5. The third kappa shape index (κ3) is 6.00. The van der Waals surface area contributed by atoms with Gasteiger partial charge in [-0.2, -0.15) is 0 Å². The fourth-order valence-electron chi connectivity index (χ4n) is 5.42. The predicted octanol–water partition coefficient (Wildman–Crippen LogP) is 0.470. The summed E-state index contributed by atoms with van der Waals surface area (Å²) in [6.07, 6.45) is 1.73. The van der Waals surface area contributed by atoms with Gasteiger partial charge >= 0.3 is 0 Å². The molecule has 0 radical (unpaired) electrons. The Morgan fingerprint density at radius 1 is 1.05 bits per heavy atom. The fourth-order valence-corrected chi connectivity index (χ4v) is 6.29. The number of rotatable bonds is 8. The van der Waals surface area contributed by atoms with Crippen LogP contribution >= 0.6 is 0 Å². The van der Waals surface area contributed by atoms with E-state index in [-0.39, 0.29) is 23.7 Å². The Bertz CT molecular complexity index is 1460. The largest absolute Gasteiger partial charge is 0.394 e. The van der Waals surface area contributed by atoms with Crippen LogP contribution in [0.15, 0.2) is 24.5 Å². The number of methoxy groups -OCH3 is 1. The van der Waals surface area contributed by atoms with E-state index in [0.717, 1.165) is 12.1 Å². The zero-order valence-electron chi connectivity index (χ0n) is 22.2. The predicted molar refractivity (Wildman–Crippen MR) is 135 cm³/mol. The Hall–Kier alpha value is -2.96. The molecule has 2 N–H and O–H groups in total. The molecule has 2 aromatic heterocycles. The molecule has 0 aliphatic carbocycles. The standard InChI is InChI=1S/C24H30F3N7O6S/c1-39-24-19(9-14-10-33(30-28-14)15-3-5-32(6-4-15)41(2,37)38)40-20(12-35)23(36)22(24)34-11-18(29-31-34)13-7-16(25)21(27)17(26)8-13/h7-8,10-11,15,19-20,22-24,35-36H,3-6,9,12H2,1-2H3/t19-,20-,22+,23+,24+/m1/s1. The number of ether oxygens (including phenoxy) is 2. The molecule has 2 saturated heterocycles. The van der Waals surface area contributed by atoms with E-state index in [1.165, 1.54) is 28.5 Å². The van der Waals surface area contributed by atoms with E-state index < -0.39 is 64.5 Å². The van der Waals surface area contributed by atoms with E-state index in [1.54, 1.807) is 10.9 Å². The molecule has 0 amide bonds. The molecule has 224 valence electrons. The summed E-state index contributed by atoms with van der Waals surface area (Å²) in [7, 11) is -1.85. The summed E-state index contributed by atoms with van der Waals surface area (Å²) < 4.78 is 80.7. The zero-order valence-corrected chi connectivity index (χ0v) is 23.0. The Balaban J connectivity index is 1.35. The van der Waals surface area contributed by atoms with Crippen LogP contribution in [0.1, 0.15) is 30.6 Å². The molecule has 0 saturated carbocycles. The second-order valence-electron chi connectivity index (χ2n) is 10.2. The van der Waals surface area contributed by atoms with Crippen LogP contribution in [0.3, 0.4) is 0 Å². The molecule has 17 heteroatoms. The summed E-state index contributed by atoms with van der Waals surface area (Å²) in [5, 5.41) is 37.4. The minimum Gasteiger partial charge on any atom is -0.394 e. The number of sulfonamides is 1. The summed E-state index contributed by atoms with van der Waals surface area (Å²) in [5.74, 6) is -4.37. The molecule has 41 heavy (non-hydrogen) atoms. The number of nitrogens with zero attached hydrogens (tertiary/aromatic N) is 7. The van der Waals surface area contributed by atoms with Crippen LogP contribution in [-0.4, -0.2) is 110 Å². The molecular weight excluding hydrogens is 571 g/mol. The molecule has 5 rings (SSSR count). The van der Waals surface area contributed by atoms with Crippen molar-refractivity contribution in [3.63, 3.8) is 0 Å². The van der Waals surface area contributed by atoms with Crippen LogP contribution in [0.2, 0.25) is 0 Å². The molecule has 3 aromatic rings. The van der Waals surface area contributed by atoms with Gasteiger partial charge in [0.25, 0.3) is 0 Å². The molecule has 0 unspecified atom stereocenters. The number of hydrogen-bond donors (Lipinski definition) is 2. The number of aliphatic hydroxyl groups is 2. The van der Waals surface area contributed by atoms with Gasteiger partial charge in [0, 0.05) is 38.4 Å². The minimum atomic E-state index is -3.26. The van der Waals surface area contributed by atoms with Crippen molar-refractivity contribution in [3.8, 4) is 11.3 Å². The average molecular weight is 602 g/mol. The van der Waals surface area contributed by atoms with E-state index in [9.17, 15) is 31.8 Å². The summed E-state index contributed by atoms with van der Waals surface area (Å²) >= 11 is 0. The molecule has 5 atom stereocenters. The second-order valence-corrected chi connectivity index (χ2v) is 12.2. The highest BCUT2D eigenvalue weighted by Crippen LogP contribution is 2.34. The summed E-state index contributed by atoms with van der Waals surface area (Å²) in [6, 6.07) is 0.611. The van der Waals surface area contributed by atoms with Crippen molar-refractivity contribution in [3.05, 3.63) is 47.7 Å². The van der Waals surface area contributed by atoms with Gasteiger partial charge in [-0.25, -0.2) is 35.3 Å². The van der Waals surface area contributed by atoms with E-state index in [4.69, 9.17) is 9.47 Å².